The molecule has 68 valence electrons. The Balaban J connectivity index is 2.74. The first-order valence-corrected chi connectivity index (χ1v) is 3.74. The maximum Gasteiger partial charge on any atom is 0.295 e. The molecule has 0 unspecified atom stereocenters. The molecule has 2 aromatic rings. The van der Waals surface area contributed by atoms with Crippen molar-refractivity contribution in [3.8, 4) is 0 Å². The monoisotopic (exact) mass is 183 g/mol. The van der Waals surface area contributed by atoms with E-state index in [0.29, 0.717) is 11.0 Å². The van der Waals surface area contributed by atoms with Gasteiger partial charge in [-0.15, -0.1) is 0 Å². The first-order valence-electron chi connectivity index (χ1n) is 3.74. The van der Waals surface area contributed by atoms with Crippen LogP contribution in [0.15, 0.2) is 18.5 Å². The third kappa shape index (κ3) is 1.16. The Bertz CT molecular complexity index is 436. The second-order valence-corrected chi connectivity index (χ2v) is 2.69. The molecule has 2 aromatic heterocycles. The van der Waals surface area contributed by atoms with Crippen LogP contribution in [0.4, 0.5) is 8.78 Å². The smallest absolute Gasteiger partial charge is 0.295 e. The lowest BCUT2D eigenvalue weighted by Gasteiger charge is -1.98. The summed E-state index contributed by atoms with van der Waals surface area (Å²) in [5, 5.41) is 0. The van der Waals surface area contributed by atoms with Gasteiger partial charge >= 0.3 is 0 Å². The molecule has 0 aliphatic carbocycles. The van der Waals surface area contributed by atoms with Gasteiger partial charge in [0.05, 0.1) is 11.7 Å². The number of nitrogens with zero attached hydrogens (tertiary/aromatic N) is 3. The minimum atomic E-state index is -2.54. The molecular weight excluding hydrogens is 176 g/mol. The van der Waals surface area contributed by atoms with Crippen molar-refractivity contribution in [3.63, 3.8) is 0 Å². The second-order valence-electron chi connectivity index (χ2n) is 2.69. The van der Waals surface area contributed by atoms with Gasteiger partial charge in [-0.05, 0) is 6.07 Å². The zero-order valence-corrected chi connectivity index (χ0v) is 6.91. The van der Waals surface area contributed by atoms with Gasteiger partial charge in [0.15, 0.2) is 5.82 Å². The molecule has 0 aromatic carbocycles. The van der Waals surface area contributed by atoms with Gasteiger partial charge in [-0.25, -0.2) is 13.8 Å². The van der Waals surface area contributed by atoms with Crippen LogP contribution in [-0.2, 0) is 7.05 Å². The normalized spacial score (nSPS) is 11.4. The summed E-state index contributed by atoms with van der Waals surface area (Å²) < 4.78 is 26.1. The van der Waals surface area contributed by atoms with Gasteiger partial charge in [-0.3, -0.25) is 4.98 Å². The molecule has 3 nitrogen and oxygen atoms in total. The number of halogens is 2. The fraction of sp³-hybridized carbons (Fsp3) is 0.250. The number of rotatable bonds is 1. The number of aryl methyl sites for hydroxylation is 1. The van der Waals surface area contributed by atoms with Crippen LogP contribution < -0.4 is 0 Å². The van der Waals surface area contributed by atoms with E-state index in [-0.39, 0.29) is 5.82 Å². The largest absolute Gasteiger partial charge is 0.326 e. The molecule has 0 spiro atoms. The highest BCUT2D eigenvalue weighted by Crippen LogP contribution is 2.21. The first kappa shape index (κ1) is 8.10. The number of aromatic nitrogens is 3. The van der Waals surface area contributed by atoms with Crippen LogP contribution >= 0.6 is 0 Å². The van der Waals surface area contributed by atoms with Gasteiger partial charge in [0.2, 0.25) is 0 Å². The average Bonchev–Trinajstić information content (AvgIpc) is 2.45. The van der Waals surface area contributed by atoms with Crippen LogP contribution in [0.1, 0.15) is 12.2 Å². The van der Waals surface area contributed by atoms with E-state index in [2.05, 4.69) is 9.97 Å². The summed E-state index contributed by atoms with van der Waals surface area (Å²) in [6, 6.07) is 1.66. The molecule has 2 rings (SSSR count). The fourth-order valence-electron chi connectivity index (χ4n) is 1.27. The maximum absolute atomic E-state index is 12.4. The number of hydrogen-bond donors (Lipinski definition) is 0. The molecule has 0 aliphatic heterocycles. The van der Waals surface area contributed by atoms with Crippen molar-refractivity contribution in [2.45, 2.75) is 6.43 Å². The Labute approximate surface area is 73.0 Å². The predicted octanol–water partition coefficient (Wildman–Crippen LogP) is 1.91. The highest BCUT2D eigenvalue weighted by atomic mass is 19.3. The number of hydrogen-bond acceptors (Lipinski definition) is 2. The van der Waals surface area contributed by atoms with E-state index < -0.39 is 6.43 Å². The third-order valence-electron chi connectivity index (χ3n) is 1.91. The zero-order chi connectivity index (χ0) is 9.42. The van der Waals surface area contributed by atoms with Gasteiger partial charge in [0.1, 0.15) is 5.52 Å². The minimum Gasteiger partial charge on any atom is -0.326 e. The van der Waals surface area contributed by atoms with E-state index in [1.54, 1.807) is 19.3 Å². The molecule has 0 N–H and O–H groups in total. The highest BCUT2D eigenvalue weighted by molar-refractivity contribution is 5.74. The Kier molecular flexibility index (Phi) is 1.72. The quantitative estimate of drug-likeness (QED) is 0.676. The standard InChI is InChI=1S/C8H7F2N3/c1-13-6-2-3-11-4-5(6)12-8(13)7(9)10/h2-4,7H,1H3. The molecule has 0 saturated heterocycles. The molecule has 5 heteroatoms. The van der Waals surface area contributed by atoms with Crippen molar-refractivity contribution < 1.29 is 8.78 Å². The van der Waals surface area contributed by atoms with E-state index in [1.165, 1.54) is 10.8 Å². The number of fused-ring (bicyclic) bond motifs is 1. The Hall–Kier alpha value is -1.52. The van der Waals surface area contributed by atoms with Gasteiger partial charge in [0, 0.05) is 13.2 Å². The van der Waals surface area contributed by atoms with Crippen molar-refractivity contribution in [2.75, 3.05) is 0 Å². The van der Waals surface area contributed by atoms with Crippen molar-refractivity contribution in [1.29, 1.82) is 0 Å². The molecule has 0 fully saturated rings. The molecule has 0 aliphatic rings. The summed E-state index contributed by atoms with van der Waals surface area (Å²) in [6.07, 6.45) is 0.484. The van der Waals surface area contributed by atoms with E-state index >= 15 is 0 Å². The van der Waals surface area contributed by atoms with Crippen LogP contribution in [0, 0.1) is 0 Å². The molecule has 2 heterocycles. The molecule has 13 heavy (non-hydrogen) atoms. The van der Waals surface area contributed by atoms with Crippen LogP contribution in [-0.4, -0.2) is 14.5 Å². The lowest BCUT2D eigenvalue weighted by molar-refractivity contribution is 0.137. The molecular formula is C8H7F2N3. The minimum absolute atomic E-state index is 0.219. The van der Waals surface area contributed by atoms with E-state index in [9.17, 15) is 8.78 Å². The van der Waals surface area contributed by atoms with Crippen LogP contribution in [0.3, 0.4) is 0 Å². The molecule has 0 bridgehead atoms. The van der Waals surface area contributed by atoms with Crippen molar-refractivity contribution >= 4 is 11.0 Å². The molecule has 0 amide bonds. The van der Waals surface area contributed by atoms with E-state index in [0.717, 1.165) is 0 Å². The number of imidazole rings is 1. The molecule has 0 radical (unpaired) electrons. The predicted molar refractivity (Wildman–Crippen MR) is 43.5 cm³/mol. The Morgan fingerprint density at radius 2 is 2.23 bits per heavy atom. The Morgan fingerprint density at radius 3 is 2.85 bits per heavy atom. The topological polar surface area (TPSA) is 30.7 Å². The van der Waals surface area contributed by atoms with Crippen LogP contribution in [0.2, 0.25) is 0 Å². The van der Waals surface area contributed by atoms with Gasteiger partial charge in [-0.2, -0.15) is 0 Å². The lowest BCUT2D eigenvalue weighted by Crippen LogP contribution is -1.97. The fourth-order valence-corrected chi connectivity index (χ4v) is 1.27. The number of pyridine rings is 1. The average molecular weight is 183 g/mol. The summed E-state index contributed by atoms with van der Waals surface area (Å²) in [5.74, 6) is -0.219. The van der Waals surface area contributed by atoms with Crippen LogP contribution in [0.25, 0.3) is 11.0 Å². The SMILES string of the molecule is Cn1c(C(F)F)nc2cnccc21. The summed E-state index contributed by atoms with van der Waals surface area (Å²) >= 11 is 0. The first-order chi connectivity index (χ1) is 6.20. The maximum atomic E-state index is 12.4. The van der Waals surface area contributed by atoms with Crippen molar-refractivity contribution in [1.82, 2.24) is 14.5 Å². The van der Waals surface area contributed by atoms with E-state index in [1.807, 2.05) is 0 Å². The summed E-state index contributed by atoms with van der Waals surface area (Å²) in [5.41, 5.74) is 1.17. The van der Waals surface area contributed by atoms with Crippen LogP contribution in [0.5, 0.6) is 0 Å². The number of alkyl halides is 2. The Morgan fingerprint density at radius 1 is 1.46 bits per heavy atom. The van der Waals surface area contributed by atoms with Gasteiger partial charge in [-0.1, -0.05) is 0 Å². The summed E-state index contributed by atoms with van der Waals surface area (Å²) in [4.78, 5) is 7.57. The second kappa shape index (κ2) is 2.76. The van der Waals surface area contributed by atoms with E-state index in [4.69, 9.17) is 0 Å². The zero-order valence-electron chi connectivity index (χ0n) is 6.91. The summed E-state index contributed by atoms with van der Waals surface area (Å²) in [7, 11) is 1.57. The highest BCUT2D eigenvalue weighted by Gasteiger charge is 2.15. The van der Waals surface area contributed by atoms with Gasteiger partial charge < -0.3 is 4.57 Å². The van der Waals surface area contributed by atoms with Crippen molar-refractivity contribution in [3.05, 3.63) is 24.3 Å². The molecule has 0 atom stereocenters. The van der Waals surface area contributed by atoms with Crippen molar-refractivity contribution in [2.24, 2.45) is 7.05 Å². The van der Waals surface area contributed by atoms with Gasteiger partial charge in [0.25, 0.3) is 6.43 Å². The summed E-state index contributed by atoms with van der Waals surface area (Å²) in [6.45, 7) is 0. The molecule has 0 saturated carbocycles. The lowest BCUT2D eigenvalue weighted by atomic mass is 10.4. The third-order valence-corrected chi connectivity index (χ3v) is 1.91.